The number of ether oxygens (including phenoxy) is 1. The average Bonchev–Trinajstić information content (AvgIpc) is 3.19. The number of fused-ring (bicyclic) bond motifs is 2. The highest BCUT2D eigenvalue weighted by Crippen LogP contribution is 2.33. The Hall–Kier alpha value is -5.18. The van der Waals surface area contributed by atoms with Crippen molar-refractivity contribution in [3.63, 3.8) is 0 Å². The molecule has 9 nitrogen and oxygen atoms in total. The molecule has 54 heavy (non-hydrogen) atoms. The molecule has 3 atom stereocenters. The zero-order chi connectivity index (χ0) is 37.7. The Balaban J connectivity index is 1.25. The van der Waals surface area contributed by atoms with Crippen LogP contribution in [0.5, 0.6) is 5.75 Å². The summed E-state index contributed by atoms with van der Waals surface area (Å²) in [6, 6.07) is 32.1. The standard InChI is InChI=1S/C45H54N4O5/c1-2-3-4-5-6-9-17-34(26-27-43(51)54-38-23-12-8-13-24-38)30-40-44(52)47(32-37-22-16-21-36-20-14-15-25-39(36)37)33-41-48(29-28-42(50)49(40)41)45(53)46-31-35-18-10-7-11-19-35/h7-8,10-16,18-25,34,40-41H,2-6,9,17,26-33H2,1H3,(H,46,53)/t34?,40-,41?/m0/s1. The summed E-state index contributed by atoms with van der Waals surface area (Å²) in [5, 5.41) is 5.23. The fraction of sp³-hybridized carbons (Fsp3) is 0.422. The summed E-state index contributed by atoms with van der Waals surface area (Å²) in [4.78, 5) is 60.8. The third-order valence-corrected chi connectivity index (χ3v) is 10.9. The molecule has 2 saturated heterocycles. The Morgan fingerprint density at radius 2 is 1.52 bits per heavy atom. The van der Waals surface area contributed by atoms with E-state index in [9.17, 15) is 19.2 Å². The largest absolute Gasteiger partial charge is 0.427 e. The van der Waals surface area contributed by atoms with Gasteiger partial charge in [-0.05, 0) is 52.8 Å². The maximum absolute atomic E-state index is 14.7. The third kappa shape index (κ3) is 10.1. The zero-order valence-electron chi connectivity index (χ0n) is 31.5. The number of hydrogen-bond donors (Lipinski definition) is 1. The van der Waals surface area contributed by atoms with Crippen LogP contribution in [-0.4, -0.2) is 63.8 Å². The van der Waals surface area contributed by atoms with Gasteiger partial charge in [-0.3, -0.25) is 14.4 Å². The lowest BCUT2D eigenvalue weighted by Gasteiger charge is -2.52. The van der Waals surface area contributed by atoms with Crippen molar-refractivity contribution in [3.05, 3.63) is 114 Å². The summed E-state index contributed by atoms with van der Waals surface area (Å²) in [6.45, 7) is 3.42. The summed E-state index contributed by atoms with van der Waals surface area (Å²) in [5.41, 5.74) is 2.00. The monoisotopic (exact) mass is 730 g/mol. The molecule has 0 aromatic heterocycles. The number of esters is 1. The second-order valence-electron chi connectivity index (χ2n) is 14.7. The van der Waals surface area contributed by atoms with Crippen molar-refractivity contribution in [2.24, 2.45) is 5.92 Å². The number of hydrogen-bond acceptors (Lipinski definition) is 5. The number of urea groups is 1. The molecule has 6 rings (SSSR count). The van der Waals surface area contributed by atoms with Crippen molar-refractivity contribution < 1.29 is 23.9 Å². The maximum Gasteiger partial charge on any atom is 0.319 e. The lowest BCUT2D eigenvalue weighted by Crippen LogP contribution is -2.72. The zero-order valence-corrected chi connectivity index (χ0v) is 31.5. The van der Waals surface area contributed by atoms with E-state index < -0.39 is 12.2 Å². The smallest absolute Gasteiger partial charge is 0.319 e. The van der Waals surface area contributed by atoms with E-state index >= 15 is 0 Å². The van der Waals surface area contributed by atoms with Crippen LogP contribution in [0.4, 0.5) is 4.79 Å². The van der Waals surface area contributed by atoms with Gasteiger partial charge in [0.15, 0.2) is 0 Å². The molecule has 2 heterocycles. The normalized spacial score (nSPS) is 17.7. The Labute approximate surface area is 319 Å². The highest BCUT2D eigenvalue weighted by atomic mass is 16.5. The predicted molar refractivity (Wildman–Crippen MR) is 211 cm³/mol. The number of carbonyl (C=O) groups is 4. The number of benzene rings is 4. The second-order valence-corrected chi connectivity index (χ2v) is 14.7. The molecule has 0 saturated carbocycles. The molecule has 0 spiro atoms. The number of nitrogens with zero attached hydrogens (tertiary/aromatic N) is 3. The summed E-state index contributed by atoms with van der Waals surface area (Å²) in [5.74, 6) is -0.0265. The Kier molecular flexibility index (Phi) is 13.7. The van der Waals surface area contributed by atoms with E-state index in [1.165, 1.54) is 19.3 Å². The summed E-state index contributed by atoms with van der Waals surface area (Å²) < 4.78 is 5.63. The number of rotatable bonds is 17. The van der Waals surface area contributed by atoms with Gasteiger partial charge in [0.2, 0.25) is 11.8 Å². The third-order valence-electron chi connectivity index (χ3n) is 10.9. The van der Waals surface area contributed by atoms with Crippen LogP contribution in [0.2, 0.25) is 0 Å². The van der Waals surface area contributed by atoms with Crippen LogP contribution in [0.3, 0.4) is 0 Å². The lowest BCUT2D eigenvalue weighted by atomic mass is 9.87. The summed E-state index contributed by atoms with van der Waals surface area (Å²) in [7, 11) is 0. The van der Waals surface area contributed by atoms with Crippen molar-refractivity contribution in [1.82, 2.24) is 20.0 Å². The summed E-state index contributed by atoms with van der Waals surface area (Å²) >= 11 is 0. The Morgan fingerprint density at radius 1 is 0.815 bits per heavy atom. The van der Waals surface area contributed by atoms with Gasteiger partial charge < -0.3 is 24.8 Å². The molecule has 0 bridgehead atoms. The molecule has 2 aliphatic rings. The molecule has 284 valence electrons. The van der Waals surface area contributed by atoms with E-state index in [4.69, 9.17) is 4.74 Å². The first-order valence-corrected chi connectivity index (χ1v) is 19.8. The fourth-order valence-electron chi connectivity index (χ4n) is 8.00. The minimum atomic E-state index is -0.758. The van der Waals surface area contributed by atoms with Crippen LogP contribution in [-0.2, 0) is 27.5 Å². The van der Waals surface area contributed by atoms with Crippen LogP contribution in [0.1, 0.15) is 88.7 Å². The number of carbonyl (C=O) groups excluding carboxylic acids is 4. The molecule has 4 amide bonds. The van der Waals surface area contributed by atoms with Crippen LogP contribution in [0.25, 0.3) is 10.8 Å². The number of unbranched alkanes of at least 4 members (excludes halogenated alkanes) is 5. The van der Waals surface area contributed by atoms with Crippen LogP contribution in [0, 0.1) is 5.92 Å². The van der Waals surface area contributed by atoms with Gasteiger partial charge in [0.1, 0.15) is 18.0 Å². The Bertz CT molecular complexity index is 1850. The fourth-order valence-corrected chi connectivity index (χ4v) is 8.00. The van der Waals surface area contributed by atoms with Crippen molar-refractivity contribution in [1.29, 1.82) is 0 Å². The molecule has 4 aromatic rings. The van der Waals surface area contributed by atoms with Crippen molar-refractivity contribution in [2.75, 3.05) is 13.1 Å². The molecule has 2 unspecified atom stereocenters. The van der Waals surface area contributed by atoms with Gasteiger partial charge in [-0.2, -0.15) is 0 Å². The molecule has 9 heteroatoms. The number of amides is 4. The van der Waals surface area contributed by atoms with Gasteiger partial charge in [0, 0.05) is 32.5 Å². The van der Waals surface area contributed by atoms with Crippen LogP contribution < -0.4 is 10.1 Å². The summed E-state index contributed by atoms with van der Waals surface area (Å²) in [6.07, 6.45) is 8.34. The topological polar surface area (TPSA) is 99.3 Å². The van der Waals surface area contributed by atoms with Crippen molar-refractivity contribution in [2.45, 2.75) is 103 Å². The predicted octanol–water partition coefficient (Wildman–Crippen LogP) is 8.46. The van der Waals surface area contributed by atoms with Crippen molar-refractivity contribution >= 4 is 34.6 Å². The van der Waals surface area contributed by atoms with E-state index in [-0.39, 0.29) is 55.7 Å². The highest BCUT2D eigenvalue weighted by Gasteiger charge is 2.49. The van der Waals surface area contributed by atoms with E-state index in [0.717, 1.165) is 47.6 Å². The van der Waals surface area contributed by atoms with Crippen molar-refractivity contribution in [3.8, 4) is 5.75 Å². The number of piperazine rings is 1. The SMILES string of the molecule is CCCCCCCCC(CCC(=O)Oc1ccccc1)C[C@H]1C(=O)N(Cc2cccc3ccccc23)CC2N(C(=O)NCc3ccccc3)CCC(=O)N21. The van der Waals surface area contributed by atoms with Gasteiger partial charge in [-0.25, -0.2) is 4.79 Å². The van der Waals surface area contributed by atoms with Gasteiger partial charge in [0.05, 0.1) is 6.54 Å². The first-order valence-electron chi connectivity index (χ1n) is 19.8. The van der Waals surface area contributed by atoms with E-state index in [2.05, 4.69) is 30.4 Å². The van der Waals surface area contributed by atoms with E-state index in [1.807, 2.05) is 77.7 Å². The van der Waals surface area contributed by atoms with Crippen LogP contribution >= 0.6 is 0 Å². The van der Waals surface area contributed by atoms with E-state index in [1.54, 1.807) is 21.9 Å². The van der Waals surface area contributed by atoms with Gasteiger partial charge >= 0.3 is 12.0 Å². The lowest BCUT2D eigenvalue weighted by molar-refractivity contribution is -0.168. The van der Waals surface area contributed by atoms with Crippen LogP contribution in [0.15, 0.2) is 103 Å². The number of nitrogens with one attached hydrogen (secondary N) is 1. The molecular weight excluding hydrogens is 677 g/mol. The van der Waals surface area contributed by atoms with Gasteiger partial charge in [-0.1, -0.05) is 143 Å². The van der Waals surface area contributed by atoms with Gasteiger partial charge in [-0.15, -0.1) is 0 Å². The number of para-hydroxylation sites is 1. The van der Waals surface area contributed by atoms with Gasteiger partial charge in [0.25, 0.3) is 0 Å². The molecular formula is C45H54N4O5. The quantitative estimate of drug-likeness (QED) is 0.0668. The minimum Gasteiger partial charge on any atom is -0.427 e. The minimum absolute atomic E-state index is 0.00156. The molecule has 1 N–H and O–H groups in total. The first-order chi connectivity index (χ1) is 26.4. The van der Waals surface area contributed by atoms with E-state index in [0.29, 0.717) is 31.7 Å². The molecule has 0 radical (unpaired) electrons. The molecule has 4 aromatic carbocycles. The Morgan fingerprint density at radius 3 is 2.31 bits per heavy atom. The molecule has 2 aliphatic heterocycles. The maximum atomic E-state index is 14.7. The first kappa shape index (κ1) is 38.5. The molecule has 0 aliphatic carbocycles. The average molecular weight is 731 g/mol. The molecule has 2 fully saturated rings. The second kappa shape index (κ2) is 19.2. The highest BCUT2D eigenvalue weighted by molar-refractivity contribution is 5.92.